The van der Waals surface area contributed by atoms with E-state index in [9.17, 15) is 0 Å². The molecule has 0 aliphatic carbocycles. The minimum absolute atomic E-state index is 0.379. The van der Waals surface area contributed by atoms with Gasteiger partial charge >= 0.3 is 0 Å². The molecule has 0 radical (unpaired) electrons. The van der Waals surface area contributed by atoms with Crippen LogP contribution in [0.4, 0.5) is 5.82 Å². The molecule has 0 amide bonds. The summed E-state index contributed by atoms with van der Waals surface area (Å²) < 4.78 is 1.87. The minimum atomic E-state index is 0.379. The number of thioether (sulfide) groups is 1. The zero-order valence-electron chi connectivity index (χ0n) is 9.26. The third kappa shape index (κ3) is 2.15. The van der Waals surface area contributed by atoms with Gasteiger partial charge in [0.15, 0.2) is 0 Å². The molecule has 5 nitrogen and oxygen atoms in total. The number of hydrogen-bond donors (Lipinski definition) is 1. The number of thiocyanates is 1. The van der Waals surface area contributed by atoms with Crippen molar-refractivity contribution in [2.75, 3.05) is 25.9 Å². The van der Waals surface area contributed by atoms with Gasteiger partial charge in [0.05, 0.1) is 17.1 Å². The molecule has 86 valence electrons. The Labute approximate surface area is 99.2 Å². The second-order valence-corrected chi connectivity index (χ2v) is 4.89. The van der Waals surface area contributed by atoms with Gasteiger partial charge < -0.3 is 10.6 Å². The van der Waals surface area contributed by atoms with E-state index < -0.39 is 0 Å². The first-order chi connectivity index (χ1) is 7.72. The maximum absolute atomic E-state index is 8.61. The predicted molar refractivity (Wildman–Crippen MR) is 63.9 cm³/mol. The molecule has 0 unspecified atom stereocenters. The Bertz CT molecular complexity index is 400. The molecule has 2 heterocycles. The lowest BCUT2D eigenvalue weighted by Crippen LogP contribution is -2.32. The number of rotatable bonds is 2. The van der Waals surface area contributed by atoms with E-state index in [1.54, 1.807) is 6.20 Å². The Balaban J connectivity index is 2.12. The first kappa shape index (κ1) is 11.3. The molecule has 1 fully saturated rings. The van der Waals surface area contributed by atoms with Crippen LogP contribution in [0.25, 0.3) is 0 Å². The van der Waals surface area contributed by atoms with Crippen LogP contribution in [0.3, 0.4) is 0 Å². The highest BCUT2D eigenvalue weighted by molar-refractivity contribution is 8.03. The van der Waals surface area contributed by atoms with Crippen LogP contribution in [0.2, 0.25) is 0 Å². The van der Waals surface area contributed by atoms with Crippen molar-refractivity contribution in [3.05, 3.63) is 6.20 Å². The molecule has 16 heavy (non-hydrogen) atoms. The van der Waals surface area contributed by atoms with Crippen molar-refractivity contribution in [2.24, 2.45) is 0 Å². The SMILES string of the molecule is CN1CCC(n2ncc(SC#N)c2N)CC1. The number of likely N-dealkylation sites (tertiary alicyclic amines) is 1. The van der Waals surface area contributed by atoms with Crippen molar-refractivity contribution < 1.29 is 0 Å². The van der Waals surface area contributed by atoms with Crippen LogP contribution < -0.4 is 5.73 Å². The molecular weight excluding hydrogens is 222 g/mol. The number of aromatic nitrogens is 2. The molecule has 0 saturated carbocycles. The van der Waals surface area contributed by atoms with E-state index in [0.717, 1.165) is 42.6 Å². The van der Waals surface area contributed by atoms with E-state index in [4.69, 9.17) is 11.0 Å². The van der Waals surface area contributed by atoms with Crippen LogP contribution >= 0.6 is 11.8 Å². The molecular formula is C10H15N5S. The maximum atomic E-state index is 8.61. The fraction of sp³-hybridized carbons (Fsp3) is 0.600. The second-order valence-electron chi connectivity index (χ2n) is 4.07. The number of nitrogen functional groups attached to an aromatic ring is 1. The van der Waals surface area contributed by atoms with Gasteiger partial charge in [0, 0.05) is 0 Å². The standard InChI is InChI=1S/C10H15N5S/c1-14-4-2-8(3-5-14)15-10(12)9(6-13-15)16-7-11/h6,8H,2-5,12H2,1H3. The fourth-order valence-corrected chi connectivity index (χ4v) is 2.41. The zero-order chi connectivity index (χ0) is 11.5. The summed E-state index contributed by atoms with van der Waals surface area (Å²) in [6, 6.07) is 0.379. The van der Waals surface area contributed by atoms with E-state index >= 15 is 0 Å². The van der Waals surface area contributed by atoms with Crippen molar-refractivity contribution >= 4 is 17.6 Å². The Kier molecular flexibility index (Phi) is 3.36. The summed E-state index contributed by atoms with van der Waals surface area (Å²) in [4.78, 5) is 3.07. The number of piperidine rings is 1. The van der Waals surface area contributed by atoms with Crippen molar-refractivity contribution in [3.8, 4) is 5.40 Å². The number of nitrogens with two attached hydrogens (primary N) is 1. The largest absolute Gasteiger partial charge is 0.383 e. The van der Waals surface area contributed by atoms with Crippen LogP contribution in [0.5, 0.6) is 0 Å². The molecule has 1 saturated heterocycles. The fourth-order valence-electron chi connectivity index (χ4n) is 2.01. The topological polar surface area (TPSA) is 70.9 Å². The molecule has 1 aliphatic heterocycles. The second kappa shape index (κ2) is 4.76. The molecule has 0 aromatic carbocycles. The summed E-state index contributed by atoms with van der Waals surface area (Å²) in [6.07, 6.45) is 3.82. The highest BCUT2D eigenvalue weighted by Crippen LogP contribution is 2.29. The molecule has 0 bridgehead atoms. The van der Waals surface area contributed by atoms with Gasteiger partial charge in [0.25, 0.3) is 0 Å². The summed E-state index contributed by atoms with van der Waals surface area (Å²) in [5.74, 6) is 0.626. The Hall–Kier alpha value is -1.19. The summed E-state index contributed by atoms with van der Waals surface area (Å²) in [7, 11) is 2.12. The molecule has 0 atom stereocenters. The third-order valence-corrected chi connectivity index (χ3v) is 3.61. The maximum Gasteiger partial charge on any atom is 0.138 e. The quantitative estimate of drug-likeness (QED) is 0.620. The van der Waals surface area contributed by atoms with Crippen LogP contribution in [0.15, 0.2) is 11.1 Å². The van der Waals surface area contributed by atoms with Gasteiger partial charge in [-0.3, -0.25) is 0 Å². The smallest absolute Gasteiger partial charge is 0.138 e. The monoisotopic (exact) mass is 237 g/mol. The lowest BCUT2D eigenvalue weighted by molar-refractivity contribution is 0.214. The molecule has 2 rings (SSSR count). The summed E-state index contributed by atoms with van der Waals surface area (Å²) in [5, 5.41) is 14.9. The summed E-state index contributed by atoms with van der Waals surface area (Å²) >= 11 is 1.07. The van der Waals surface area contributed by atoms with E-state index in [1.807, 2.05) is 10.1 Å². The Morgan fingerprint density at radius 2 is 2.25 bits per heavy atom. The summed E-state index contributed by atoms with van der Waals surface area (Å²) in [6.45, 7) is 2.15. The minimum Gasteiger partial charge on any atom is -0.383 e. The Morgan fingerprint density at radius 1 is 1.56 bits per heavy atom. The van der Waals surface area contributed by atoms with Crippen molar-refractivity contribution in [3.63, 3.8) is 0 Å². The van der Waals surface area contributed by atoms with Gasteiger partial charge in [0.1, 0.15) is 11.2 Å². The van der Waals surface area contributed by atoms with Gasteiger partial charge in [-0.2, -0.15) is 10.4 Å². The van der Waals surface area contributed by atoms with Crippen LogP contribution in [0.1, 0.15) is 18.9 Å². The highest BCUT2D eigenvalue weighted by atomic mass is 32.2. The first-order valence-corrected chi connectivity index (χ1v) is 6.11. The number of nitriles is 1. The van der Waals surface area contributed by atoms with Crippen LogP contribution in [-0.2, 0) is 0 Å². The normalized spacial score (nSPS) is 18.5. The van der Waals surface area contributed by atoms with Gasteiger partial charge in [0.2, 0.25) is 0 Å². The van der Waals surface area contributed by atoms with Crippen molar-refractivity contribution in [1.82, 2.24) is 14.7 Å². The van der Waals surface area contributed by atoms with Crippen LogP contribution in [0, 0.1) is 10.7 Å². The van der Waals surface area contributed by atoms with Gasteiger partial charge in [-0.15, -0.1) is 0 Å². The average molecular weight is 237 g/mol. The zero-order valence-corrected chi connectivity index (χ0v) is 10.1. The van der Waals surface area contributed by atoms with Crippen LogP contribution in [-0.4, -0.2) is 34.8 Å². The number of nitrogens with zero attached hydrogens (tertiary/aromatic N) is 4. The van der Waals surface area contributed by atoms with Gasteiger partial charge in [-0.1, -0.05) is 0 Å². The third-order valence-electron chi connectivity index (χ3n) is 2.99. The Morgan fingerprint density at radius 3 is 2.88 bits per heavy atom. The lowest BCUT2D eigenvalue weighted by Gasteiger charge is -2.29. The molecule has 6 heteroatoms. The molecule has 2 N–H and O–H groups in total. The van der Waals surface area contributed by atoms with Gasteiger partial charge in [-0.05, 0) is 44.7 Å². The molecule has 0 spiro atoms. The predicted octanol–water partition coefficient (Wildman–Crippen LogP) is 1.31. The number of anilines is 1. The van der Waals surface area contributed by atoms with Crippen molar-refractivity contribution in [2.45, 2.75) is 23.8 Å². The molecule has 1 aliphatic rings. The van der Waals surface area contributed by atoms with E-state index in [2.05, 4.69) is 17.0 Å². The molecule has 1 aromatic heterocycles. The van der Waals surface area contributed by atoms with E-state index in [-0.39, 0.29) is 0 Å². The lowest BCUT2D eigenvalue weighted by atomic mass is 10.1. The first-order valence-electron chi connectivity index (χ1n) is 5.30. The summed E-state index contributed by atoms with van der Waals surface area (Å²) in [5.41, 5.74) is 5.97. The number of hydrogen-bond acceptors (Lipinski definition) is 5. The highest BCUT2D eigenvalue weighted by Gasteiger charge is 2.21. The van der Waals surface area contributed by atoms with E-state index in [1.165, 1.54) is 0 Å². The van der Waals surface area contributed by atoms with Crippen molar-refractivity contribution in [1.29, 1.82) is 5.26 Å². The molecule has 1 aromatic rings. The average Bonchev–Trinajstić information content (AvgIpc) is 2.63. The van der Waals surface area contributed by atoms with Gasteiger partial charge in [-0.25, -0.2) is 4.68 Å². The van der Waals surface area contributed by atoms with E-state index in [0.29, 0.717) is 11.9 Å².